The summed E-state index contributed by atoms with van der Waals surface area (Å²) >= 11 is 0. The van der Waals surface area contributed by atoms with E-state index in [0.29, 0.717) is 6.54 Å². The predicted octanol–water partition coefficient (Wildman–Crippen LogP) is -0.911. The Bertz CT molecular complexity index is 284. The van der Waals surface area contributed by atoms with Gasteiger partial charge < -0.3 is 5.32 Å². The fourth-order valence-corrected chi connectivity index (χ4v) is 1.64. The van der Waals surface area contributed by atoms with E-state index in [1.54, 1.807) is 0 Å². The zero-order valence-corrected chi connectivity index (χ0v) is 8.23. The van der Waals surface area contributed by atoms with E-state index in [0.717, 1.165) is 25.9 Å². The third-order valence-corrected chi connectivity index (χ3v) is 2.51. The van der Waals surface area contributed by atoms with Gasteiger partial charge in [0.1, 0.15) is 0 Å². The standard InChI is InChI=1S/C7H15N3O2S/c8-13(11,12)10-6-3-7-1-4-9-5-2-7/h1,9-10H,2-6H2,(H2,8,11,12). The molecule has 5 nitrogen and oxygen atoms in total. The molecular weight excluding hydrogens is 190 g/mol. The van der Waals surface area contributed by atoms with Gasteiger partial charge in [0.25, 0.3) is 10.2 Å². The summed E-state index contributed by atoms with van der Waals surface area (Å²) in [6.07, 6.45) is 3.83. The molecule has 0 radical (unpaired) electrons. The Labute approximate surface area is 78.6 Å². The number of hydrogen-bond acceptors (Lipinski definition) is 3. The van der Waals surface area contributed by atoms with Gasteiger partial charge in [-0.3, -0.25) is 0 Å². The summed E-state index contributed by atoms with van der Waals surface area (Å²) in [7, 11) is -3.52. The molecule has 1 aliphatic heterocycles. The number of nitrogens with one attached hydrogen (secondary N) is 2. The molecule has 1 rings (SSSR count). The van der Waals surface area contributed by atoms with E-state index < -0.39 is 10.2 Å². The first kappa shape index (κ1) is 10.6. The molecule has 0 spiro atoms. The average molecular weight is 205 g/mol. The maximum absolute atomic E-state index is 10.5. The molecule has 0 atom stereocenters. The second-order valence-corrected chi connectivity index (χ2v) is 4.38. The van der Waals surface area contributed by atoms with Crippen LogP contribution in [0, 0.1) is 0 Å². The fraction of sp³-hybridized carbons (Fsp3) is 0.714. The van der Waals surface area contributed by atoms with Crippen molar-refractivity contribution >= 4 is 10.2 Å². The molecule has 76 valence electrons. The molecule has 6 heteroatoms. The molecule has 1 aliphatic rings. The van der Waals surface area contributed by atoms with Crippen LogP contribution in [0.15, 0.2) is 11.6 Å². The van der Waals surface area contributed by atoms with Crippen molar-refractivity contribution in [3.8, 4) is 0 Å². The first-order valence-corrected chi connectivity index (χ1v) is 5.78. The summed E-state index contributed by atoms with van der Waals surface area (Å²) in [4.78, 5) is 0. The maximum atomic E-state index is 10.5. The summed E-state index contributed by atoms with van der Waals surface area (Å²) in [6.45, 7) is 2.25. The Morgan fingerprint density at radius 3 is 2.92 bits per heavy atom. The minimum absolute atomic E-state index is 0.394. The summed E-state index contributed by atoms with van der Waals surface area (Å²) in [5.74, 6) is 0. The van der Waals surface area contributed by atoms with Gasteiger partial charge >= 0.3 is 0 Å². The minimum atomic E-state index is -3.52. The second kappa shape index (κ2) is 4.71. The lowest BCUT2D eigenvalue weighted by atomic mass is 10.1. The van der Waals surface area contributed by atoms with Crippen molar-refractivity contribution in [3.63, 3.8) is 0 Å². The van der Waals surface area contributed by atoms with E-state index >= 15 is 0 Å². The second-order valence-electron chi connectivity index (χ2n) is 3.01. The number of nitrogens with two attached hydrogens (primary N) is 1. The summed E-state index contributed by atoms with van der Waals surface area (Å²) in [5, 5.41) is 7.96. The number of hydrogen-bond donors (Lipinski definition) is 3. The molecule has 13 heavy (non-hydrogen) atoms. The van der Waals surface area contributed by atoms with Crippen LogP contribution in [0.3, 0.4) is 0 Å². The van der Waals surface area contributed by atoms with Gasteiger partial charge in [-0.1, -0.05) is 11.6 Å². The number of rotatable bonds is 4. The average Bonchev–Trinajstić information content (AvgIpc) is 2.04. The van der Waals surface area contributed by atoms with Gasteiger partial charge in [-0.2, -0.15) is 8.42 Å². The molecule has 1 heterocycles. The van der Waals surface area contributed by atoms with Crippen LogP contribution >= 0.6 is 0 Å². The molecule has 0 bridgehead atoms. The molecule has 0 fully saturated rings. The van der Waals surface area contributed by atoms with Crippen LogP contribution in [0.25, 0.3) is 0 Å². The maximum Gasteiger partial charge on any atom is 0.274 e. The Morgan fingerprint density at radius 1 is 1.62 bits per heavy atom. The normalized spacial score (nSPS) is 18.4. The molecule has 0 saturated heterocycles. The molecule has 0 aliphatic carbocycles. The quantitative estimate of drug-likeness (QED) is 0.519. The lowest BCUT2D eigenvalue weighted by Crippen LogP contribution is -2.32. The lowest BCUT2D eigenvalue weighted by molar-refractivity contribution is 0.581. The van der Waals surface area contributed by atoms with Crippen molar-refractivity contribution in [2.24, 2.45) is 5.14 Å². The van der Waals surface area contributed by atoms with Crippen molar-refractivity contribution in [2.45, 2.75) is 12.8 Å². The Balaban J connectivity index is 2.22. The van der Waals surface area contributed by atoms with Gasteiger partial charge in [-0.25, -0.2) is 9.86 Å². The SMILES string of the molecule is NS(=O)(=O)NCCC1=CCNCC1. The van der Waals surface area contributed by atoms with Crippen LogP contribution in [0.2, 0.25) is 0 Å². The van der Waals surface area contributed by atoms with Gasteiger partial charge in [-0.05, 0) is 19.4 Å². The van der Waals surface area contributed by atoms with E-state index in [2.05, 4.69) is 16.1 Å². The molecule has 0 saturated carbocycles. The molecule has 0 aromatic rings. The molecule has 4 N–H and O–H groups in total. The van der Waals surface area contributed by atoms with Crippen LogP contribution in [0.5, 0.6) is 0 Å². The van der Waals surface area contributed by atoms with E-state index in [-0.39, 0.29) is 0 Å². The van der Waals surface area contributed by atoms with Crippen molar-refractivity contribution in [1.29, 1.82) is 0 Å². The topological polar surface area (TPSA) is 84.2 Å². The van der Waals surface area contributed by atoms with Crippen LogP contribution in [0.1, 0.15) is 12.8 Å². The van der Waals surface area contributed by atoms with Gasteiger partial charge in [0.15, 0.2) is 0 Å². The van der Waals surface area contributed by atoms with E-state index in [1.165, 1.54) is 5.57 Å². The van der Waals surface area contributed by atoms with Crippen molar-refractivity contribution in [1.82, 2.24) is 10.0 Å². The summed E-state index contributed by atoms with van der Waals surface area (Å²) < 4.78 is 23.3. The third kappa shape index (κ3) is 4.99. The third-order valence-electron chi connectivity index (χ3n) is 1.91. The first-order valence-electron chi connectivity index (χ1n) is 4.24. The van der Waals surface area contributed by atoms with Gasteiger partial charge in [0, 0.05) is 13.1 Å². The zero-order valence-electron chi connectivity index (χ0n) is 7.41. The highest BCUT2D eigenvalue weighted by Gasteiger charge is 2.04. The van der Waals surface area contributed by atoms with Crippen molar-refractivity contribution in [3.05, 3.63) is 11.6 Å². The zero-order chi connectivity index (χ0) is 9.73. The van der Waals surface area contributed by atoms with Gasteiger partial charge in [0.2, 0.25) is 0 Å². The highest BCUT2D eigenvalue weighted by Crippen LogP contribution is 2.07. The van der Waals surface area contributed by atoms with Crippen molar-refractivity contribution in [2.75, 3.05) is 19.6 Å². The highest BCUT2D eigenvalue weighted by atomic mass is 32.2. The molecule has 0 aromatic carbocycles. The lowest BCUT2D eigenvalue weighted by Gasteiger charge is -2.13. The Kier molecular flexibility index (Phi) is 3.86. The van der Waals surface area contributed by atoms with Crippen LogP contribution < -0.4 is 15.2 Å². The smallest absolute Gasteiger partial charge is 0.274 e. The first-order chi connectivity index (χ1) is 6.08. The fourth-order valence-electron chi connectivity index (χ4n) is 1.25. The van der Waals surface area contributed by atoms with E-state index in [9.17, 15) is 8.42 Å². The Morgan fingerprint density at radius 2 is 2.38 bits per heavy atom. The van der Waals surface area contributed by atoms with Gasteiger partial charge in [0.05, 0.1) is 0 Å². The van der Waals surface area contributed by atoms with Gasteiger partial charge in [-0.15, -0.1) is 0 Å². The molecule has 0 amide bonds. The summed E-state index contributed by atoms with van der Waals surface area (Å²) in [6, 6.07) is 0. The van der Waals surface area contributed by atoms with Crippen LogP contribution in [-0.4, -0.2) is 28.1 Å². The van der Waals surface area contributed by atoms with E-state index in [4.69, 9.17) is 5.14 Å². The van der Waals surface area contributed by atoms with Crippen LogP contribution in [-0.2, 0) is 10.2 Å². The highest BCUT2D eigenvalue weighted by molar-refractivity contribution is 7.87. The molecule has 0 aromatic heterocycles. The molecule has 0 unspecified atom stereocenters. The monoisotopic (exact) mass is 205 g/mol. The van der Waals surface area contributed by atoms with Crippen molar-refractivity contribution < 1.29 is 8.42 Å². The predicted molar refractivity (Wildman–Crippen MR) is 51.3 cm³/mol. The minimum Gasteiger partial charge on any atom is -0.313 e. The largest absolute Gasteiger partial charge is 0.313 e. The van der Waals surface area contributed by atoms with E-state index in [1.807, 2.05) is 0 Å². The summed E-state index contributed by atoms with van der Waals surface area (Å²) in [5.41, 5.74) is 1.29. The Hall–Kier alpha value is -0.430. The molecular formula is C7H15N3O2S. The van der Waals surface area contributed by atoms with Crippen LogP contribution in [0.4, 0.5) is 0 Å².